The average Bonchev–Trinajstić information content (AvgIpc) is 2.42. The van der Waals surface area contributed by atoms with E-state index in [-0.39, 0.29) is 11.6 Å². The van der Waals surface area contributed by atoms with Gasteiger partial charge in [0.1, 0.15) is 11.6 Å². The zero-order valence-electron chi connectivity index (χ0n) is 11.3. The lowest BCUT2D eigenvalue weighted by Gasteiger charge is -2.32. The minimum atomic E-state index is -0.363. The van der Waals surface area contributed by atoms with Crippen LogP contribution in [0.1, 0.15) is 39.0 Å². The fourth-order valence-corrected chi connectivity index (χ4v) is 3.90. The van der Waals surface area contributed by atoms with E-state index in [1.807, 2.05) is 0 Å². The summed E-state index contributed by atoms with van der Waals surface area (Å²) in [5.74, 6) is -0.677. The van der Waals surface area contributed by atoms with Crippen molar-refractivity contribution in [2.45, 2.75) is 55.2 Å². The molecule has 1 saturated carbocycles. The van der Waals surface area contributed by atoms with Crippen LogP contribution in [0, 0.1) is 11.6 Å². The van der Waals surface area contributed by atoms with Gasteiger partial charge in [0.2, 0.25) is 0 Å². The molecule has 2 rings (SSSR count). The fraction of sp³-hybridized carbons (Fsp3) is 0.600. The molecule has 0 aliphatic heterocycles. The van der Waals surface area contributed by atoms with Gasteiger partial charge in [-0.2, -0.15) is 0 Å². The lowest BCUT2D eigenvalue weighted by Crippen LogP contribution is -2.40. The highest BCUT2D eigenvalue weighted by molar-refractivity contribution is 8.00. The summed E-state index contributed by atoms with van der Waals surface area (Å²) in [6.07, 6.45) is 5.71. The number of halogens is 2. The Morgan fingerprint density at radius 1 is 1.26 bits per heavy atom. The first-order valence-electron chi connectivity index (χ1n) is 7.05. The van der Waals surface area contributed by atoms with Gasteiger partial charge in [0, 0.05) is 16.2 Å². The number of rotatable bonds is 5. The second-order valence-corrected chi connectivity index (χ2v) is 6.36. The Labute approximate surface area is 118 Å². The Balaban J connectivity index is 2.04. The molecule has 0 radical (unpaired) electrons. The third-order valence-corrected chi connectivity index (χ3v) is 4.96. The Morgan fingerprint density at radius 2 is 2.05 bits per heavy atom. The Hall–Kier alpha value is -0.610. The molecule has 1 fully saturated rings. The third-order valence-electron chi connectivity index (χ3n) is 3.53. The lowest BCUT2D eigenvalue weighted by molar-refractivity contribution is 0.384. The van der Waals surface area contributed by atoms with Crippen LogP contribution in [0.2, 0.25) is 0 Å². The molecular formula is C15H21F2NS. The normalized spacial score (nSPS) is 23.5. The topological polar surface area (TPSA) is 12.0 Å². The molecule has 0 spiro atoms. The van der Waals surface area contributed by atoms with Gasteiger partial charge < -0.3 is 5.32 Å². The van der Waals surface area contributed by atoms with Crippen LogP contribution in [-0.4, -0.2) is 17.8 Å². The molecule has 1 N–H and O–H groups in total. The van der Waals surface area contributed by atoms with Crippen molar-refractivity contribution in [2.24, 2.45) is 0 Å². The van der Waals surface area contributed by atoms with E-state index in [4.69, 9.17) is 0 Å². The summed E-state index contributed by atoms with van der Waals surface area (Å²) in [7, 11) is 0. The maximum Gasteiger partial charge on any atom is 0.136 e. The second kappa shape index (κ2) is 7.25. The van der Waals surface area contributed by atoms with Crippen molar-refractivity contribution in [3.8, 4) is 0 Å². The average molecular weight is 285 g/mol. The predicted molar refractivity (Wildman–Crippen MR) is 76.6 cm³/mol. The molecular weight excluding hydrogens is 264 g/mol. The second-order valence-electron chi connectivity index (χ2n) is 5.08. The van der Waals surface area contributed by atoms with Crippen LogP contribution in [-0.2, 0) is 0 Å². The molecule has 0 bridgehead atoms. The monoisotopic (exact) mass is 285 g/mol. The Morgan fingerprint density at radius 3 is 2.84 bits per heavy atom. The van der Waals surface area contributed by atoms with E-state index < -0.39 is 0 Å². The Bertz CT molecular complexity index is 411. The van der Waals surface area contributed by atoms with Crippen molar-refractivity contribution < 1.29 is 8.78 Å². The molecule has 0 saturated heterocycles. The van der Waals surface area contributed by atoms with Crippen molar-refractivity contribution >= 4 is 11.8 Å². The number of thioether (sulfide) groups is 1. The minimum absolute atomic E-state index is 0.314. The van der Waals surface area contributed by atoms with Gasteiger partial charge >= 0.3 is 0 Å². The summed E-state index contributed by atoms with van der Waals surface area (Å²) in [5, 5.41) is 3.88. The van der Waals surface area contributed by atoms with E-state index in [2.05, 4.69) is 12.2 Å². The highest BCUT2D eigenvalue weighted by Gasteiger charge is 2.26. The summed E-state index contributed by atoms with van der Waals surface area (Å²) in [6, 6.07) is 4.12. The van der Waals surface area contributed by atoms with Crippen LogP contribution >= 0.6 is 11.8 Å². The van der Waals surface area contributed by atoms with Crippen molar-refractivity contribution in [3.63, 3.8) is 0 Å². The van der Waals surface area contributed by atoms with Gasteiger partial charge in [-0.3, -0.25) is 0 Å². The summed E-state index contributed by atoms with van der Waals surface area (Å²) >= 11 is 1.49. The maximum atomic E-state index is 13.7. The molecule has 2 atom stereocenters. The minimum Gasteiger partial charge on any atom is -0.313 e. The molecule has 4 heteroatoms. The van der Waals surface area contributed by atoms with Gasteiger partial charge in [-0.25, -0.2) is 8.78 Å². The molecule has 1 nitrogen and oxygen atoms in total. The lowest BCUT2D eigenvalue weighted by atomic mass is 9.95. The smallest absolute Gasteiger partial charge is 0.136 e. The number of benzene rings is 1. The van der Waals surface area contributed by atoms with E-state index in [0.29, 0.717) is 16.2 Å². The number of hydrogen-bond acceptors (Lipinski definition) is 2. The first-order chi connectivity index (χ1) is 9.20. The quantitative estimate of drug-likeness (QED) is 0.862. The highest BCUT2D eigenvalue weighted by Crippen LogP contribution is 2.35. The summed E-state index contributed by atoms with van der Waals surface area (Å²) in [5.41, 5.74) is 0. The van der Waals surface area contributed by atoms with Gasteiger partial charge in [-0.05, 0) is 44.0 Å². The van der Waals surface area contributed by atoms with Gasteiger partial charge in [0.05, 0.1) is 0 Å². The van der Waals surface area contributed by atoms with E-state index in [0.717, 1.165) is 25.8 Å². The summed E-state index contributed by atoms with van der Waals surface area (Å²) in [6.45, 7) is 3.14. The van der Waals surface area contributed by atoms with E-state index in [9.17, 15) is 8.78 Å². The molecule has 1 aromatic carbocycles. The van der Waals surface area contributed by atoms with Gasteiger partial charge in [0.15, 0.2) is 0 Å². The van der Waals surface area contributed by atoms with Crippen LogP contribution in [0.25, 0.3) is 0 Å². The summed E-state index contributed by atoms with van der Waals surface area (Å²) in [4.78, 5) is 0.440. The molecule has 1 aliphatic carbocycles. The van der Waals surface area contributed by atoms with Crippen LogP contribution in [0.3, 0.4) is 0 Å². The molecule has 106 valence electrons. The zero-order chi connectivity index (χ0) is 13.7. The van der Waals surface area contributed by atoms with E-state index in [1.54, 1.807) is 0 Å². The van der Waals surface area contributed by atoms with Crippen LogP contribution in [0.4, 0.5) is 8.78 Å². The molecule has 1 aromatic rings. The fourth-order valence-electron chi connectivity index (χ4n) is 2.53. The van der Waals surface area contributed by atoms with Crippen molar-refractivity contribution in [3.05, 3.63) is 29.8 Å². The van der Waals surface area contributed by atoms with Crippen LogP contribution < -0.4 is 5.32 Å². The van der Waals surface area contributed by atoms with Gasteiger partial charge in [-0.1, -0.05) is 19.8 Å². The molecule has 0 aromatic heterocycles. The number of nitrogens with one attached hydrogen (secondary N) is 1. The van der Waals surface area contributed by atoms with E-state index in [1.165, 1.54) is 42.8 Å². The Kier molecular flexibility index (Phi) is 5.64. The summed E-state index contributed by atoms with van der Waals surface area (Å²) < 4.78 is 26.9. The van der Waals surface area contributed by atoms with Gasteiger partial charge in [0.25, 0.3) is 0 Å². The van der Waals surface area contributed by atoms with Crippen molar-refractivity contribution in [1.82, 2.24) is 5.32 Å². The first-order valence-corrected chi connectivity index (χ1v) is 7.93. The molecule has 0 heterocycles. The number of hydrogen-bond donors (Lipinski definition) is 1. The van der Waals surface area contributed by atoms with Crippen LogP contribution in [0.5, 0.6) is 0 Å². The van der Waals surface area contributed by atoms with Crippen molar-refractivity contribution in [2.75, 3.05) is 6.54 Å². The van der Waals surface area contributed by atoms with Gasteiger partial charge in [-0.15, -0.1) is 11.8 Å². The first kappa shape index (κ1) is 14.8. The molecule has 2 unspecified atom stereocenters. The standard InChI is InChI=1S/C15H21F2NS/c1-2-9-18-13-5-3-4-6-14(13)19-15-10-11(16)7-8-12(15)17/h7-8,10,13-14,18H,2-6,9H2,1H3. The molecule has 19 heavy (non-hydrogen) atoms. The molecule has 1 aliphatic rings. The van der Waals surface area contributed by atoms with E-state index >= 15 is 0 Å². The largest absolute Gasteiger partial charge is 0.313 e. The highest BCUT2D eigenvalue weighted by atomic mass is 32.2. The zero-order valence-corrected chi connectivity index (χ0v) is 12.1. The third kappa shape index (κ3) is 4.18. The molecule has 0 amide bonds. The van der Waals surface area contributed by atoms with Crippen molar-refractivity contribution in [1.29, 1.82) is 0 Å². The SMILES string of the molecule is CCCNC1CCCCC1Sc1cc(F)ccc1F. The maximum absolute atomic E-state index is 13.7. The van der Waals surface area contributed by atoms with Crippen LogP contribution in [0.15, 0.2) is 23.1 Å². The predicted octanol–water partition coefficient (Wildman–Crippen LogP) is 4.37.